The number of allylic oxidation sites excluding steroid dienone is 5. The van der Waals surface area contributed by atoms with Crippen molar-refractivity contribution in [1.82, 2.24) is 0 Å². The van der Waals surface area contributed by atoms with Crippen LogP contribution >= 0.6 is 0 Å². The molecule has 0 N–H and O–H groups in total. The Morgan fingerprint density at radius 2 is 1.42 bits per heavy atom. The molecule has 124 valence electrons. The Hall–Kier alpha value is -2.80. The lowest BCUT2D eigenvalue weighted by atomic mass is 10.2. The molecule has 0 heterocycles. The lowest BCUT2D eigenvalue weighted by Gasteiger charge is -2.05. The molecule has 2 rings (SSSR count). The summed E-state index contributed by atoms with van der Waals surface area (Å²) in [6, 6.07) is 0. The van der Waals surface area contributed by atoms with Crippen LogP contribution in [0.4, 0.5) is 0 Å². The Balaban J connectivity index is 1.49. The lowest BCUT2D eigenvalue weighted by Crippen LogP contribution is -2.13. The first-order valence-electron chi connectivity index (χ1n) is 7.94. The molecule has 2 aliphatic carbocycles. The van der Waals surface area contributed by atoms with E-state index in [4.69, 9.17) is 9.47 Å². The van der Waals surface area contributed by atoms with Gasteiger partial charge in [-0.05, 0) is 6.08 Å². The van der Waals surface area contributed by atoms with E-state index in [0.717, 1.165) is 0 Å². The normalized spacial score (nSPS) is 15.8. The van der Waals surface area contributed by atoms with Crippen molar-refractivity contribution in [1.29, 1.82) is 0 Å². The van der Waals surface area contributed by atoms with E-state index in [1.807, 2.05) is 30.4 Å². The molecule has 0 radical (unpaired) electrons. The second kappa shape index (κ2) is 10.1. The third-order valence-corrected chi connectivity index (χ3v) is 3.34. The third-order valence-electron chi connectivity index (χ3n) is 3.34. The van der Waals surface area contributed by atoms with Crippen LogP contribution in [-0.2, 0) is 19.1 Å². The maximum Gasteiger partial charge on any atom is 0.316 e. The predicted octanol–water partition coefficient (Wildman–Crippen LogP) is 2.90. The van der Waals surface area contributed by atoms with Crippen LogP contribution in [-0.4, -0.2) is 25.2 Å². The highest BCUT2D eigenvalue weighted by Gasteiger charge is 2.15. The fourth-order valence-electron chi connectivity index (χ4n) is 2.07. The average Bonchev–Trinajstić information content (AvgIpc) is 3.29. The zero-order valence-electron chi connectivity index (χ0n) is 13.4. The summed E-state index contributed by atoms with van der Waals surface area (Å²) in [6.45, 7) is 0.632. The van der Waals surface area contributed by atoms with E-state index in [1.54, 1.807) is 30.4 Å². The maximum absolute atomic E-state index is 11.6. The molecule has 0 spiro atoms. The average molecular weight is 324 g/mol. The molecule has 0 amide bonds. The summed E-state index contributed by atoms with van der Waals surface area (Å²) in [6.07, 6.45) is 19.2. The topological polar surface area (TPSA) is 52.6 Å². The van der Waals surface area contributed by atoms with Crippen molar-refractivity contribution in [3.63, 3.8) is 0 Å². The quantitative estimate of drug-likeness (QED) is 0.410. The van der Waals surface area contributed by atoms with Gasteiger partial charge in [0.2, 0.25) is 0 Å². The standard InChI is InChI=1S/C20H20O4/c21-19(17-11-5-6-12-17)23-15-9-3-1-2-4-10-16-24-20(22)18-13-7-8-14-18/h1,3,5-8,11-14,17-18H,9-10,15-16H2/b3-1+. The number of rotatable bonds is 7. The third kappa shape index (κ3) is 6.13. The van der Waals surface area contributed by atoms with Crippen LogP contribution < -0.4 is 0 Å². The molecule has 0 saturated heterocycles. The van der Waals surface area contributed by atoms with Crippen molar-refractivity contribution < 1.29 is 19.1 Å². The zero-order valence-corrected chi connectivity index (χ0v) is 13.4. The Labute approximate surface area is 142 Å². The van der Waals surface area contributed by atoms with Gasteiger partial charge in [-0.3, -0.25) is 9.59 Å². The zero-order chi connectivity index (χ0) is 17.0. The molecule has 24 heavy (non-hydrogen) atoms. The summed E-state index contributed by atoms with van der Waals surface area (Å²) < 4.78 is 10.2. The minimum Gasteiger partial charge on any atom is -0.465 e. The molecule has 0 aromatic heterocycles. The summed E-state index contributed by atoms with van der Waals surface area (Å²) in [5.74, 6) is 4.79. The Morgan fingerprint density at radius 1 is 0.875 bits per heavy atom. The van der Waals surface area contributed by atoms with E-state index in [2.05, 4.69) is 11.8 Å². The highest BCUT2D eigenvalue weighted by atomic mass is 16.5. The van der Waals surface area contributed by atoms with E-state index in [1.165, 1.54) is 0 Å². The summed E-state index contributed by atoms with van der Waals surface area (Å²) >= 11 is 0. The van der Waals surface area contributed by atoms with Crippen LogP contribution in [0.25, 0.3) is 0 Å². The second-order valence-corrected chi connectivity index (χ2v) is 5.19. The van der Waals surface area contributed by atoms with Crippen molar-refractivity contribution in [2.24, 2.45) is 11.8 Å². The van der Waals surface area contributed by atoms with Gasteiger partial charge in [0.15, 0.2) is 0 Å². The molecule has 0 atom stereocenters. The Morgan fingerprint density at radius 3 is 2.00 bits per heavy atom. The molecule has 0 aliphatic heterocycles. The van der Waals surface area contributed by atoms with Gasteiger partial charge >= 0.3 is 11.9 Å². The van der Waals surface area contributed by atoms with Crippen LogP contribution in [0.5, 0.6) is 0 Å². The summed E-state index contributed by atoms with van der Waals surface area (Å²) in [7, 11) is 0. The fraction of sp³-hybridized carbons (Fsp3) is 0.300. The van der Waals surface area contributed by atoms with Crippen LogP contribution in [0, 0.1) is 23.7 Å². The van der Waals surface area contributed by atoms with Gasteiger partial charge < -0.3 is 9.47 Å². The lowest BCUT2D eigenvalue weighted by molar-refractivity contribution is -0.146. The molecule has 0 saturated carbocycles. The summed E-state index contributed by atoms with van der Waals surface area (Å²) in [4.78, 5) is 23.1. The molecular weight excluding hydrogens is 304 g/mol. The first-order valence-corrected chi connectivity index (χ1v) is 7.94. The number of hydrogen-bond donors (Lipinski definition) is 0. The van der Waals surface area contributed by atoms with Crippen LogP contribution in [0.2, 0.25) is 0 Å². The summed E-state index contributed by atoms with van der Waals surface area (Å²) in [5.41, 5.74) is 0. The van der Waals surface area contributed by atoms with Crippen molar-refractivity contribution in [2.45, 2.75) is 12.8 Å². The van der Waals surface area contributed by atoms with Gasteiger partial charge in [-0.25, -0.2) is 0 Å². The first kappa shape index (κ1) is 17.6. The van der Waals surface area contributed by atoms with Crippen molar-refractivity contribution >= 4 is 11.9 Å². The van der Waals surface area contributed by atoms with Crippen molar-refractivity contribution in [3.8, 4) is 11.8 Å². The molecule has 4 heteroatoms. The van der Waals surface area contributed by atoms with E-state index in [9.17, 15) is 9.59 Å². The van der Waals surface area contributed by atoms with E-state index >= 15 is 0 Å². The van der Waals surface area contributed by atoms with E-state index < -0.39 is 0 Å². The largest absolute Gasteiger partial charge is 0.465 e. The smallest absolute Gasteiger partial charge is 0.316 e. The monoisotopic (exact) mass is 324 g/mol. The summed E-state index contributed by atoms with van der Waals surface area (Å²) in [5, 5.41) is 0. The van der Waals surface area contributed by atoms with Gasteiger partial charge in [0.05, 0.1) is 18.4 Å². The molecule has 2 aliphatic rings. The van der Waals surface area contributed by atoms with E-state index in [-0.39, 0.29) is 30.4 Å². The van der Waals surface area contributed by atoms with Gasteiger partial charge in [0, 0.05) is 12.8 Å². The highest BCUT2D eigenvalue weighted by Crippen LogP contribution is 2.11. The van der Waals surface area contributed by atoms with Crippen molar-refractivity contribution in [3.05, 3.63) is 60.8 Å². The van der Waals surface area contributed by atoms with Gasteiger partial charge in [-0.2, -0.15) is 0 Å². The number of carbonyl (C=O) groups excluding carboxylic acids is 2. The molecule has 4 nitrogen and oxygen atoms in total. The molecule has 0 aromatic carbocycles. The molecule has 0 unspecified atom stereocenters. The molecular formula is C20H20O4. The second-order valence-electron chi connectivity index (χ2n) is 5.19. The number of carbonyl (C=O) groups is 2. The van der Waals surface area contributed by atoms with Crippen LogP contribution in [0.1, 0.15) is 12.8 Å². The molecule has 0 aromatic rings. The van der Waals surface area contributed by atoms with Gasteiger partial charge in [-0.1, -0.05) is 66.5 Å². The van der Waals surface area contributed by atoms with Gasteiger partial charge in [0.1, 0.15) is 6.61 Å². The van der Waals surface area contributed by atoms with Crippen LogP contribution in [0.15, 0.2) is 60.8 Å². The molecule has 0 fully saturated rings. The van der Waals surface area contributed by atoms with Gasteiger partial charge in [-0.15, -0.1) is 0 Å². The first-order chi connectivity index (χ1) is 11.8. The fourth-order valence-corrected chi connectivity index (χ4v) is 2.07. The minimum atomic E-state index is -0.254. The minimum absolute atomic E-state index is 0.228. The van der Waals surface area contributed by atoms with Crippen molar-refractivity contribution in [2.75, 3.05) is 13.2 Å². The number of hydrogen-bond acceptors (Lipinski definition) is 4. The molecule has 0 bridgehead atoms. The number of esters is 2. The highest BCUT2D eigenvalue weighted by molar-refractivity contribution is 5.78. The van der Waals surface area contributed by atoms with Gasteiger partial charge in [0.25, 0.3) is 0 Å². The van der Waals surface area contributed by atoms with Crippen LogP contribution in [0.3, 0.4) is 0 Å². The Kier molecular flexibility index (Phi) is 7.36. The maximum atomic E-state index is 11.6. The number of ether oxygens (including phenoxy) is 2. The Bertz CT molecular complexity index is 629. The van der Waals surface area contributed by atoms with E-state index in [0.29, 0.717) is 19.4 Å². The predicted molar refractivity (Wildman–Crippen MR) is 91.6 cm³/mol. The SMILES string of the molecule is O=C(OCCC#C/C=C/CCOC(=O)C1C=CC=C1)C1C=CC=C1.